The van der Waals surface area contributed by atoms with Crippen molar-refractivity contribution in [3.05, 3.63) is 40.7 Å². The van der Waals surface area contributed by atoms with Gasteiger partial charge in [0.1, 0.15) is 5.82 Å². The summed E-state index contributed by atoms with van der Waals surface area (Å²) in [5.74, 6) is -0.880. The van der Waals surface area contributed by atoms with Crippen LogP contribution >= 0.6 is 11.6 Å². The van der Waals surface area contributed by atoms with Crippen LogP contribution in [0.15, 0.2) is 24.3 Å². The Morgan fingerprint density at radius 3 is 2.79 bits per heavy atom. The van der Waals surface area contributed by atoms with Crippen molar-refractivity contribution in [1.29, 1.82) is 0 Å². The third-order valence-corrected chi connectivity index (χ3v) is 3.24. The van der Waals surface area contributed by atoms with Gasteiger partial charge in [0.2, 0.25) is 5.91 Å². The molecular weight excluding hydrogens is 269 g/mol. The molecule has 0 heterocycles. The van der Waals surface area contributed by atoms with Crippen molar-refractivity contribution in [2.75, 3.05) is 6.61 Å². The third kappa shape index (κ3) is 4.65. The smallest absolute Gasteiger partial charge is 0.244 e. The summed E-state index contributed by atoms with van der Waals surface area (Å²) in [5.41, 5.74) is 0.183. The first-order valence-corrected chi connectivity index (χ1v) is 6.37. The summed E-state index contributed by atoms with van der Waals surface area (Å²) in [7, 11) is 0. The first kappa shape index (κ1) is 15.7. The Hall–Kier alpha value is -1.39. The molecule has 19 heavy (non-hydrogen) atoms. The van der Waals surface area contributed by atoms with Crippen LogP contribution in [0.25, 0.3) is 6.08 Å². The molecule has 0 aliphatic heterocycles. The summed E-state index contributed by atoms with van der Waals surface area (Å²) < 4.78 is 13.4. The van der Waals surface area contributed by atoms with Gasteiger partial charge in [0.25, 0.3) is 0 Å². The highest BCUT2D eigenvalue weighted by molar-refractivity contribution is 6.32. The number of hydrogen-bond donors (Lipinski definition) is 2. The van der Waals surface area contributed by atoms with Crippen LogP contribution in [0, 0.1) is 11.7 Å². The fourth-order valence-electron chi connectivity index (χ4n) is 1.40. The van der Waals surface area contributed by atoms with E-state index in [1.807, 2.05) is 6.92 Å². The van der Waals surface area contributed by atoms with Crippen LogP contribution in [0.5, 0.6) is 0 Å². The van der Waals surface area contributed by atoms with E-state index in [9.17, 15) is 9.18 Å². The molecule has 0 spiro atoms. The van der Waals surface area contributed by atoms with Gasteiger partial charge in [-0.05, 0) is 31.1 Å². The van der Waals surface area contributed by atoms with E-state index in [1.54, 1.807) is 13.0 Å². The standard InChI is InChI=1S/C14H17ClFNO2/c1-9(8-18)10(2)17-14(19)7-6-11-12(15)4-3-5-13(11)16/h3-7,9-10,18H,8H2,1-2H3,(H,17,19)/b7-6+. The minimum atomic E-state index is -0.478. The summed E-state index contributed by atoms with van der Waals surface area (Å²) >= 11 is 5.84. The fraction of sp³-hybridized carbons (Fsp3) is 0.357. The molecule has 2 N–H and O–H groups in total. The van der Waals surface area contributed by atoms with Gasteiger partial charge in [0.15, 0.2) is 0 Å². The average molecular weight is 286 g/mol. The van der Waals surface area contributed by atoms with Crippen molar-refractivity contribution in [1.82, 2.24) is 5.32 Å². The predicted molar refractivity (Wildman–Crippen MR) is 74.3 cm³/mol. The van der Waals surface area contributed by atoms with Gasteiger partial charge >= 0.3 is 0 Å². The molecule has 5 heteroatoms. The van der Waals surface area contributed by atoms with E-state index < -0.39 is 5.82 Å². The van der Waals surface area contributed by atoms with E-state index in [4.69, 9.17) is 16.7 Å². The second-order valence-corrected chi connectivity index (χ2v) is 4.83. The lowest BCUT2D eigenvalue weighted by atomic mass is 10.1. The first-order chi connectivity index (χ1) is 8.95. The van der Waals surface area contributed by atoms with Crippen molar-refractivity contribution in [2.45, 2.75) is 19.9 Å². The number of benzene rings is 1. The quantitative estimate of drug-likeness (QED) is 0.817. The average Bonchev–Trinajstić information content (AvgIpc) is 2.37. The molecule has 0 aromatic heterocycles. The van der Waals surface area contributed by atoms with Gasteiger partial charge in [-0.25, -0.2) is 4.39 Å². The van der Waals surface area contributed by atoms with Gasteiger partial charge in [0.05, 0.1) is 5.02 Å². The van der Waals surface area contributed by atoms with Gasteiger partial charge in [-0.15, -0.1) is 0 Å². The van der Waals surface area contributed by atoms with Crippen molar-refractivity contribution < 1.29 is 14.3 Å². The van der Waals surface area contributed by atoms with E-state index in [2.05, 4.69) is 5.32 Å². The Morgan fingerprint density at radius 2 is 2.21 bits per heavy atom. The van der Waals surface area contributed by atoms with E-state index in [1.165, 1.54) is 24.3 Å². The van der Waals surface area contributed by atoms with Crippen LogP contribution in [0.4, 0.5) is 4.39 Å². The van der Waals surface area contributed by atoms with Gasteiger partial charge in [-0.2, -0.15) is 0 Å². The van der Waals surface area contributed by atoms with Crippen molar-refractivity contribution in [3.63, 3.8) is 0 Å². The SMILES string of the molecule is CC(CO)C(C)NC(=O)/C=C/c1c(F)cccc1Cl. The summed E-state index contributed by atoms with van der Waals surface area (Å²) in [6, 6.07) is 4.16. The molecule has 2 atom stereocenters. The van der Waals surface area contributed by atoms with Gasteiger partial charge in [0, 0.05) is 24.3 Å². The highest BCUT2D eigenvalue weighted by Crippen LogP contribution is 2.20. The maximum absolute atomic E-state index is 13.4. The van der Waals surface area contributed by atoms with E-state index >= 15 is 0 Å². The molecule has 0 fully saturated rings. The first-order valence-electron chi connectivity index (χ1n) is 5.99. The predicted octanol–water partition coefficient (Wildman–Crippen LogP) is 2.63. The lowest BCUT2D eigenvalue weighted by Gasteiger charge is -2.18. The normalized spacial score (nSPS) is 14.4. The van der Waals surface area contributed by atoms with Crippen LogP contribution in [-0.2, 0) is 4.79 Å². The summed E-state index contributed by atoms with van der Waals surface area (Å²) in [6.07, 6.45) is 2.56. The van der Waals surface area contributed by atoms with Crippen LogP contribution in [-0.4, -0.2) is 23.7 Å². The Kier molecular flexibility index (Phi) is 5.99. The second-order valence-electron chi connectivity index (χ2n) is 4.43. The summed E-state index contributed by atoms with van der Waals surface area (Å²) in [6.45, 7) is 3.61. The Balaban J connectivity index is 2.69. The monoisotopic (exact) mass is 285 g/mol. The van der Waals surface area contributed by atoms with E-state index in [-0.39, 0.29) is 35.1 Å². The van der Waals surface area contributed by atoms with Crippen LogP contribution in [0.1, 0.15) is 19.4 Å². The number of carbonyl (C=O) groups excluding carboxylic acids is 1. The Labute approximate surface area is 117 Å². The zero-order chi connectivity index (χ0) is 14.4. The molecule has 0 radical (unpaired) electrons. The molecule has 1 aromatic carbocycles. The number of aliphatic hydroxyl groups is 1. The van der Waals surface area contributed by atoms with Gasteiger partial charge in [-0.1, -0.05) is 24.6 Å². The molecule has 104 valence electrons. The van der Waals surface area contributed by atoms with Crippen LogP contribution in [0.2, 0.25) is 5.02 Å². The Morgan fingerprint density at radius 1 is 1.53 bits per heavy atom. The third-order valence-electron chi connectivity index (χ3n) is 2.91. The van der Waals surface area contributed by atoms with Crippen molar-refractivity contribution in [2.24, 2.45) is 5.92 Å². The number of carbonyl (C=O) groups is 1. The maximum Gasteiger partial charge on any atom is 0.244 e. The lowest BCUT2D eigenvalue weighted by molar-refractivity contribution is -0.117. The van der Waals surface area contributed by atoms with Crippen LogP contribution < -0.4 is 5.32 Å². The van der Waals surface area contributed by atoms with E-state index in [0.717, 1.165) is 0 Å². The number of rotatable bonds is 5. The number of amides is 1. The summed E-state index contributed by atoms with van der Waals surface area (Å²) in [4.78, 5) is 11.6. The molecule has 0 saturated heterocycles. The number of hydrogen-bond acceptors (Lipinski definition) is 2. The molecule has 0 bridgehead atoms. The zero-order valence-corrected chi connectivity index (χ0v) is 11.6. The van der Waals surface area contributed by atoms with Gasteiger partial charge in [-0.3, -0.25) is 4.79 Å². The lowest BCUT2D eigenvalue weighted by Crippen LogP contribution is -2.37. The highest BCUT2D eigenvalue weighted by atomic mass is 35.5. The molecule has 1 rings (SSSR count). The number of halogens is 2. The number of aliphatic hydroxyl groups excluding tert-OH is 1. The van der Waals surface area contributed by atoms with Crippen molar-refractivity contribution >= 4 is 23.6 Å². The van der Waals surface area contributed by atoms with Crippen molar-refractivity contribution in [3.8, 4) is 0 Å². The van der Waals surface area contributed by atoms with Gasteiger partial charge < -0.3 is 10.4 Å². The largest absolute Gasteiger partial charge is 0.396 e. The minimum absolute atomic E-state index is 0.00962. The van der Waals surface area contributed by atoms with E-state index in [0.29, 0.717) is 0 Å². The fourth-order valence-corrected chi connectivity index (χ4v) is 1.63. The molecule has 1 aromatic rings. The molecule has 0 aliphatic rings. The molecule has 3 nitrogen and oxygen atoms in total. The zero-order valence-electron chi connectivity index (χ0n) is 10.9. The molecular formula is C14H17ClFNO2. The maximum atomic E-state index is 13.4. The second kappa shape index (κ2) is 7.26. The minimum Gasteiger partial charge on any atom is -0.396 e. The topological polar surface area (TPSA) is 49.3 Å². The van der Waals surface area contributed by atoms with Crippen LogP contribution in [0.3, 0.4) is 0 Å². The molecule has 0 aliphatic carbocycles. The molecule has 1 amide bonds. The molecule has 0 saturated carbocycles. The number of nitrogens with one attached hydrogen (secondary N) is 1. The Bertz CT molecular complexity index is 456. The highest BCUT2D eigenvalue weighted by Gasteiger charge is 2.12. The summed E-state index contributed by atoms with van der Waals surface area (Å²) in [5, 5.41) is 11.9. The molecule has 2 unspecified atom stereocenters.